The summed E-state index contributed by atoms with van der Waals surface area (Å²) in [6, 6.07) is 17.6. The van der Waals surface area contributed by atoms with Gasteiger partial charge >= 0.3 is 0 Å². The third-order valence-corrected chi connectivity index (χ3v) is 4.94. The minimum Gasteiger partial charge on any atom is -0.133 e. The molecule has 2 rings (SSSR count). The van der Waals surface area contributed by atoms with Crippen molar-refractivity contribution >= 4 is 34.9 Å². The molecule has 88 valence electrons. The lowest BCUT2D eigenvalue weighted by atomic mass is 10.2. The van der Waals surface area contributed by atoms with Gasteiger partial charge in [-0.2, -0.15) is 0 Å². The summed E-state index contributed by atoms with van der Waals surface area (Å²) in [6.45, 7) is 2.21. The fraction of sp³-hybridized carbons (Fsp3) is 0.143. The van der Waals surface area contributed by atoms with Gasteiger partial charge in [-0.15, -0.1) is 9.24 Å². The van der Waals surface area contributed by atoms with E-state index in [1.807, 2.05) is 11.8 Å². The van der Waals surface area contributed by atoms with Gasteiger partial charge in [0.15, 0.2) is 0 Å². The number of hydrogen-bond acceptors (Lipinski definition) is 1. The Labute approximate surface area is 112 Å². The van der Waals surface area contributed by atoms with Crippen molar-refractivity contribution in [2.24, 2.45) is 0 Å². The first kappa shape index (κ1) is 13.1. The molecule has 0 aliphatic rings. The molecule has 2 atom stereocenters. The maximum absolute atomic E-state index is 2.75. The van der Waals surface area contributed by atoms with Gasteiger partial charge in [-0.25, -0.2) is 0 Å². The molecule has 17 heavy (non-hydrogen) atoms. The van der Waals surface area contributed by atoms with Crippen molar-refractivity contribution in [1.82, 2.24) is 0 Å². The summed E-state index contributed by atoms with van der Waals surface area (Å²) in [5.41, 5.74) is 1.36. The van der Waals surface area contributed by atoms with E-state index in [2.05, 4.69) is 64.4 Å². The molecule has 0 fully saturated rings. The van der Waals surface area contributed by atoms with E-state index in [-0.39, 0.29) is 0 Å². The molecule has 3 heteroatoms. The molecular formula is C14H16P2S. The molecule has 0 bridgehead atoms. The lowest BCUT2D eigenvalue weighted by Gasteiger charge is -2.04. The molecule has 0 radical (unpaired) electrons. The SMILES string of the molecule is CPc1ccc(Sc2ccc(CP)cc2)cc1. The molecule has 0 spiro atoms. The zero-order valence-corrected chi connectivity index (χ0v) is 12.8. The zero-order valence-electron chi connectivity index (χ0n) is 9.81. The van der Waals surface area contributed by atoms with Crippen LogP contribution in [0, 0.1) is 0 Å². The molecule has 0 saturated carbocycles. The highest BCUT2D eigenvalue weighted by molar-refractivity contribution is 7.99. The Kier molecular flexibility index (Phi) is 5.04. The van der Waals surface area contributed by atoms with Gasteiger partial charge in [0.1, 0.15) is 0 Å². The molecule has 2 aromatic carbocycles. The fourth-order valence-corrected chi connectivity index (χ4v) is 3.11. The van der Waals surface area contributed by atoms with Crippen molar-refractivity contribution in [3.63, 3.8) is 0 Å². The van der Waals surface area contributed by atoms with E-state index in [0.29, 0.717) is 0 Å². The lowest BCUT2D eigenvalue weighted by Crippen LogP contribution is -1.90. The van der Waals surface area contributed by atoms with E-state index in [1.54, 1.807) is 0 Å². The molecular weight excluding hydrogens is 262 g/mol. The molecule has 0 nitrogen and oxygen atoms in total. The molecule has 0 aliphatic carbocycles. The minimum atomic E-state index is 0.881. The Morgan fingerprint density at radius 1 is 0.941 bits per heavy atom. The van der Waals surface area contributed by atoms with Crippen molar-refractivity contribution < 1.29 is 0 Å². The molecule has 0 aliphatic heterocycles. The summed E-state index contributed by atoms with van der Waals surface area (Å²) in [7, 11) is 3.63. The monoisotopic (exact) mass is 278 g/mol. The molecule has 0 aromatic heterocycles. The average Bonchev–Trinajstić information content (AvgIpc) is 2.40. The second kappa shape index (κ2) is 6.55. The van der Waals surface area contributed by atoms with Crippen LogP contribution in [0.4, 0.5) is 0 Å². The van der Waals surface area contributed by atoms with Gasteiger partial charge in [-0.05, 0) is 48.0 Å². The van der Waals surface area contributed by atoms with Gasteiger partial charge in [-0.3, -0.25) is 0 Å². The second-order valence-electron chi connectivity index (χ2n) is 3.72. The highest BCUT2D eigenvalue weighted by Gasteiger charge is 1.98. The van der Waals surface area contributed by atoms with Gasteiger partial charge in [0, 0.05) is 9.79 Å². The predicted octanol–water partition coefficient (Wildman–Crippen LogP) is 4.15. The standard InChI is InChI=1S/C14H16P2S/c1-16-12-4-8-14(9-5-12)17-13-6-2-11(10-15)3-7-13/h2-9,16H,10,15H2,1H3. The quantitative estimate of drug-likeness (QED) is 0.757. The molecule has 2 unspecified atom stereocenters. The summed E-state index contributed by atoms with van der Waals surface area (Å²) >= 11 is 1.82. The van der Waals surface area contributed by atoms with E-state index in [0.717, 1.165) is 14.7 Å². The summed E-state index contributed by atoms with van der Waals surface area (Å²) < 4.78 is 0. The summed E-state index contributed by atoms with van der Waals surface area (Å²) in [6.07, 6.45) is 1.02. The smallest absolute Gasteiger partial charge is 0.0122 e. The first-order valence-electron chi connectivity index (χ1n) is 5.56. The van der Waals surface area contributed by atoms with Crippen LogP contribution in [0.2, 0.25) is 0 Å². The zero-order chi connectivity index (χ0) is 12.1. The highest BCUT2D eigenvalue weighted by atomic mass is 32.2. The normalized spacial score (nSPS) is 11.2. The van der Waals surface area contributed by atoms with Crippen molar-refractivity contribution in [2.45, 2.75) is 16.0 Å². The van der Waals surface area contributed by atoms with E-state index in [1.165, 1.54) is 20.7 Å². The summed E-state index contributed by atoms with van der Waals surface area (Å²) in [5, 5.41) is 1.42. The van der Waals surface area contributed by atoms with Gasteiger partial charge < -0.3 is 0 Å². The fourth-order valence-electron chi connectivity index (χ4n) is 1.52. The first-order chi connectivity index (χ1) is 8.31. The van der Waals surface area contributed by atoms with E-state index in [9.17, 15) is 0 Å². The summed E-state index contributed by atoms with van der Waals surface area (Å²) in [5.74, 6) is 0. The van der Waals surface area contributed by atoms with Crippen LogP contribution >= 0.6 is 29.6 Å². The number of hydrogen-bond donors (Lipinski definition) is 0. The molecule has 0 heterocycles. The third kappa shape index (κ3) is 3.81. The average molecular weight is 278 g/mol. The highest BCUT2D eigenvalue weighted by Crippen LogP contribution is 2.27. The lowest BCUT2D eigenvalue weighted by molar-refractivity contribution is 1.34. The van der Waals surface area contributed by atoms with Crippen molar-refractivity contribution in [3.8, 4) is 0 Å². The van der Waals surface area contributed by atoms with Crippen LogP contribution in [-0.4, -0.2) is 6.66 Å². The van der Waals surface area contributed by atoms with Crippen LogP contribution < -0.4 is 5.30 Å². The Morgan fingerprint density at radius 3 is 1.94 bits per heavy atom. The van der Waals surface area contributed by atoms with Crippen LogP contribution in [0.3, 0.4) is 0 Å². The topological polar surface area (TPSA) is 0 Å². The van der Waals surface area contributed by atoms with Crippen molar-refractivity contribution in [3.05, 3.63) is 54.1 Å². The number of benzene rings is 2. The Balaban J connectivity index is 2.08. The Bertz CT molecular complexity index is 417. The van der Waals surface area contributed by atoms with Crippen LogP contribution in [0.15, 0.2) is 58.3 Å². The molecule has 0 saturated heterocycles. The van der Waals surface area contributed by atoms with E-state index < -0.39 is 0 Å². The predicted molar refractivity (Wildman–Crippen MR) is 84.3 cm³/mol. The van der Waals surface area contributed by atoms with Crippen LogP contribution in [-0.2, 0) is 6.16 Å². The van der Waals surface area contributed by atoms with Gasteiger partial charge in [0.05, 0.1) is 0 Å². The summed E-state index contributed by atoms with van der Waals surface area (Å²) in [4.78, 5) is 2.62. The van der Waals surface area contributed by atoms with E-state index >= 15 is 0 Å². The molecule has 0 amide bonds. The number of rotatable bonds is 4. The van der Waals surface area contributed by atoms with E-state index in [4.69, 9.17) is 0 Å². The maximum atomic E-state index is 2.75. The van der Waals surface area contributed by atoms with Gasteiger partial charge in [-0.1, -0.05) is 44.6 Å². The largest absolute Gasteiger partial charge is 0.133 e. The molecule has 0 N–H and O–H groups in total. The van der Waals surface area contributed by atoms with Gasteiger partial charge in [0.25, 0.3) is 0 Å². The Morgan fingerprint density at radius 2 is 1.47 bits per heavy atom. The van der Waals surface area contributed by atoms with Crippen LogP contribution in [0.1, 0.15) is 5.56 Å². The minimum absolute atomic E-state index is 0.881. The molecule has 2 aromatic rings. The van der Waals surface area contributed by atoms with Crippen LogP contribution in [0.25, 0.3) is 0 Å². The Hall–Kier alpha value is -0.350. The third-order valence-electron chi connectivity index (χ3n) is 2.54. The second-order valence-corrected chi connectivity index (χ2v) is 6.36. The van der Waals surface area contributed by atoms with Crippen LogP contribution in [0.5, 0.6) is 0 Å². The van der Waals surface area contributed by atoms with Crippen molar-refractivity contribution in [1.29, 1.82) is 0 Å². The maximum Gasteiger partial charge on any atom is 0.0122 e. The van der Waals surface area contributed by atoms with Gasteiger partial charge in [0.2, 0.25) is 0 Å². The first-order valence-corrected chi connectivity index (χ1v) is 8.70. The van der Waals surface area contributed by atoms with Crippen molar-refractivity contribution in [2.75, 3.05) is 6.66 Å².